The molecule has 2 aromatic carbocycles. The molecule has 0 saturated carbocycles. The van der Waals surface area contributed by atoms with E-state index in [2.05, 4.69) is 40.5 Å². The fourth-order valence-electron chi connectivity index (χ4n) is 4.34. The third-order valence-electron chi connectivity index (χ3n) is 6.12. The number of benzene rings is 2. The average Bonchev–Trinajstić information content (AvgIpc) is 3.17. The highest BCUT2D eigenvalue weighted by molar-refractivity contribution is 5.84. The summed E-state index contributed by atoms with van der Waals surface area (Å²) in [5.74, 6) is 1.61. The number of methoxy groups -OCH3 is 1. The molecule has 0 atom stereocenters. The van der Waals surface area contributed by atoms with Crippen LogP contribution in [0.3, 0.4) is 0 Å². The smallest absolute Gasteiger partial charge is 0.239 e. The maximum Gasteiger partial charge on any atom is 0.239 e. The Labute approximate surface area is 178 Å². The van der Waals surface area contributed by atoms with E-state index in [1.165, 1.54) is 18.4 Å². The quantitative estimate of drug-likeness (QED) is 0.615. The van der Waals surface area contributed by atoms with Crippen LogP contribution in [0.1, 0.15) is 24.8 Å². The third kappa shape index (κ3) is 5.22. The van der Waals surface area contributed by atoms with Gasteiger partial charge in [0.1, 0.15) is 12.3 Å². The van der Waals surface area contributed by atoms with Crippen LogP contribution in [0.5, 0.6) is 5.75 Å². The minimum Gasteiger partial charge on any atom is -0.497 e. The highest BCUT2D eigenvalue weighted by Gasteiger charge is 2.19. The number of fused-ring (bicyclic) bond motifs is 1. The maximum absolute atomic E-state index is 12.4. The van der Waals surface area contributed by atoms with Gasteiger partial charge < -0.3 is 14.6 Å². The molecule has 0 bridgehead atoms. The van der Waals surface area contributed by atoms with Gasteiger partial charge in [0.25, 0.3) is 0 Å². The van der Waals surface area contributed by atoms with Gasteiger partial charge in [-0.15, -0.1) is 0 Å². The van der Waals surface area contributed by atoms with Gasteiger partial charge in [-0.3, -0.25) is 9.69 Å². The molecule has 2 heterocycles. The zero-order chi connectivity index (χ0) is 20.8. The van der Waals surface area contributed by atoms with Gasteiger partial charge in [0.05, 0.1) is 7.11 Å². The number of rotatable bonds is 8. The fraction of sp³-hybridized carbons (Fsp3) is 0.400. The fourth-order valence-corrected chi connectivity index (χ4v) is 4.34. The Hall–Kier alpha value is -2.79. The van der Waals surface area contributed by atoms with Gasteiger partial charge in [0.15, 0.2) is 0 Å². The summed E-state index contributed by atoms with van der Waals surface area (Å²) in [6.07, 6.45) is 5.46. The van der Waals surface area contributed by atoms with Gasteiger partial charge in [0.2, 0.25) is 5.91 Å². The van der Waals surface area contributed by atoms with E-state index in [1.807, 2.05) is 35.0 Å². The van der Waals surface area contributed by atoms with Crippen molar-refractivity contribution in [1.82, 2.24) is 14.8 Å². The van der Waals surface area contributed by atoms with Crippen molar-refractivity contribution in [3.63, 3.8) is 0 Å². The van der Waals surface area contributed by atoms with Crippen LogP contribution in [-0.2, 0) is 17.9 Å². The van der Waals surface area contributed by atoms with Crippen molar-refractivity contribution in [3.8, 4) is 5.75 Å². The van der Waals surface area contributed by atoms with E-state index in [1.54, 1.807) is 7.11 Å². The van der Waals surface area contributed by atoms with Crippen LogP contribution in [-0.4, -0.2) is 42.1 Å². The zero-order valence-electron chi connectivity index (χ0n) is 17.7. The Morgan fingerprint density at radius 2 is 1.90 bits per heavy atom. The van der Waals surface area contributed by atoms with E-state index in [9.17, 15) is 4.79 Å². The third-order valence-corrected chi connectivity index (χ3v) is 6.12. The van der Waals surface area contributed by atoms with Crippen molar-refractivity contribution in [2.75, 3.05) is 26.7 Å². The molecule has 1 saturated heterocycles. The number of piperidine rings is 1. The molecule has 0 spiro atoms. The van der Waals surface area contributed by atoms with E-state index < -0.39 is 0 Å². The number of carbonyl (C=O) groups is 1. The van der Waals surface area contributed by atoms with Gasteiger partial charge >= 0.3 is 0 Å². The molecule has 1 aliphatic rings. The highest BCUT2D eigenvalue weighted by atomic mass is 16.5. The second kappa shape index (κ2) is 9.81. The second-order valence-electron chi connectivity index (χ2n) is 8.21. The molecule has 1 fully saturated rings. The van der Waals surface area contributed by atoms with E-state index in [0.717, 1.165) is 49.3 Å². The molecule has 1 aromatic heterocycles. The van der Waals surface area contributed by atoms with Gasteiger partial charge in [-0.1, -0.05) is 30.3 Å². The number of nitrogens with one attached hydrogen (secondary N) is 1. The molecule has 0 aliphatic carbocycles. The number of aromatic nitrogens is 1. The number of likely N-dealkylation sites (tertiary alicyclic amines) is 1. The Morgan fingerprint density at radius 3 is 2.67 bits per heavy atom. The van der Waals surface area contributed by atoms with Crippen LogP contribution >= 0.6 is 0 Å². The molecule has 158 valence electrons. The van der Waals surface area contributed by atoms with Gasteiger partial charge in [-0.05, 0) is 68.1 Å². The van der Waals surface area contributed by atoms with Gasteiger partial charge in [-0.25, -0.2) is 0 Å². The summed E-state index contributed by atoms with van der Waals surface area (Å²) >= 11 is 0. The molecule has 30 heavy (non-hydrogen) atoms. The molecule has 1 amide bonds. The summed E-state index contributed by atoms with van der Waals surface area (Å²) < 4.78 is 7.26. The number of amides is 1. The molecule has 1 aliphatic heterocycles. The van der Waals surface area contributed by atoms with Crippen LogP contribution < -0.4 is 10.1 Å². The number of carbonyl (C=O) groups excluding carboxylic acids is 1. The molecule has 5 nitrogen and oxygen atoms in total. The molecule has 1 N–H and O–H groups in total. The molecule has 5 heteroatoms. The molecule has 0 unspecified atom stereocenters. The number of ether oxygens (including phenoxy) is 1. The summed E-state index contributed by atoms with van der Waals surface area (Å²) in [5.41, 5.74) is 2.44. The van der Waals surface area contributed by atoms with Crippen LogP contribution in [0.25, 0.3) is 10.9 Å². The first-order valence-corrected chi connectivity index (χ1v) is 10.9. The average molecular weight is 406 g/mol. The van der Waals surface area contributed by atoms with Gasteiger partial charge in [0, 0.05) is 30.2 Å². The molecule has 0 radical (unpaired) electrons. The van der Waals surface area contributed by atoms with E-state index in [0.29, 0.717) is 12.5 Å². The minimum absolute atomic E-state index is 0.0739. The molecular weight excluding hydrogens is 374 g/mol. The monoisotopic (exact) mass is 405 g/mol. The first kappa shape index (κ1) is 20.5. The Morgan fingerprint density at radius 1 is 1.10 bits per heavy atom. The van der Waals surface area contributed by atoms with Crippen molar-refractivity contribution in [1.29, 1.82) is 0 Å². The lowest BCUT2D eigenvalue weighted by atomic mass is 9.93. The van der Waals surface area contributed by atoms with Crippen molar-refractivity contribution >= 4 is 16.8 Å². The SMILES string of the molecule is COc1ccc2c(ccn2CC(=O)NCCC2CCN(Cc3ccccc3)CC2)c1. The van der Waals surface area contributed by atoms with E-state index >= 15 is 0 Å². The molecule has 4 rings (SSSR count). The maximum atomic E-state index is 12.4. The summed E-state index contributed by atoms with van der Waals surface area (Å²) in [5, 5.41) is 4.20. The van der Waals surface area contributed by atoms with Crippen LogP contribution in [0.2, 0.25) is 0 Å². The van der Waals surface area contributed by atoms with Crippen molar-refractivity contribution < 1.29 is 9.53 Å². The largest absolute Gasteiger partial charge is 0.497 e. The first-order chi connectivity index (χ1) is 14.7. The second-order valence-corrected chi connectivity index (χ2v) is 8.21. The highest BCUT2D eigenvalue weighted by Crippen LogP contribution is 2.23. The van der Waals surface area contributed by atoms with Crippen molar-refractivity contribution in [2.24, 2.45) is 5.92 Å². The van der Waals surface area contributed by atoms with Crippen molar-refractivity contribution in [3.05, 3.63) is 66.4 Å². The van der Waals surface area contributed by atoms with E-state index in [4.69, 9.17) is 4.74 Å². The normalized spacial score (nSPS) is 15.4. The van der Waals surface area contributed by atoms with Crippen molar-refractivity contribution in [2.45, 2.75) is 32.4 Å². The first-order valence-electron chi connectivity index (χ1n) is 10.9. The lowest BCUT2D eigenvalue weighted by Gasteiger charge is -2.32. The number of hydrogen-bond donors (Lipinski definition) is 1. The predicted octanol–water partition coefficient (Wildman–Crippen LogP) is 4.07. The Bertz CT molecular complexity index is 959. The summed E-state index contributed by atoms with van der Waals surface area (Å²) in [6, 6.07) is 18.6. The molecule has 3 aromatic rings. The zero-order valence-corrected chi connectivity index (χ0v) is 17.7. The topological polar surface area (TPSA) is 46.5 Å². The van der Waals surface area contributed by atoms with Gasteiger partial charge in [-0.2, -0.15) is 0 Å². The standard InChI is InChI=1S/C25H31N3O2/c1-30-23-7-8-24-22(17-23)12-16-28(24)19-25(29)26-13-9-20-10-14-27(15-11-20)18-21-5-3-2-4-6-21/h2-8,12,16-17,20H,9-11,13-15,18-19H2,1H3,(H,26,29). The number of nitrogens with zero attached hydrogens (tertiary/aromatic N) is 2. The minimum atomic E-state index is 0.0739. The van der Waals surface area contributed by atoms with Crippen LogP contribution in [0.15, 0.2) is 60.8 Å². The summed E-state index contributed by atoms with van der Waals surface area (Å²) in [4.78, 5) is 14.9. The summed E-state index contributed by atoms with van der Waals surface area (Å²) in [6.45, 7) is 4.44. The lowest BCUT2D eigenvalue weighted by molar-refractivity contribution is -0.121. The molecular formula is C25H31N3O2. The Kier molecular flexibility index (Phi) is 6.70. The van der Waals surface area contributed by atoms with Crippen LogP contribution in [0, 0.1) is 5.92 Å². The van der Waals surface area contributed by atoms with Crippen LogP contribution in [0.4, 0.5) is 0 Å². The van der Waals surface area contributed by atoms with E-state index in [-0.39, 0.29) is 5.91 Å². The number of hydrogen-bond acceptors (Lipinski definition) is 3. The Balaban J connectivity index is 1.18. The predicted molar refractivity (Wildman–Crippen MR) is 121 cm³/mol. The lowest BCUT2D eigenvalue weighted by Crippen LogP contribution is -2.35. The summed E-state index contributed by atoms with van der Waals surface area (Å²) in [7, 11) is 1.67.